The molecule has 0 bridgehead atoms. The van der Waals surface area contributed by atoms with E-state index in [4.69, 9.17) is 9.97 Å². The fourth-order valence-corrected chi connectivity index (χ4v) is 8.84. The molecule has 5 aromatic rings. The molecule has 0 unspecified atom stereocenters. The van der Waals surface area contributed by atoms with Gasteiger partial charge in [-0.2, -0.15) is 0 Å². The van der Waals surface area contributed by atoms with E-state index in [-0.39, 0.29) is 41.9 Å². The third-order valence-electron chi connectivity index (χ3n) is 12.0. The molecule has 2 aromatic heterocycles. The van der Waals surface area contributed by atoms with Crippen LogP contribution in [0.3, 0.4) is 0 Å². The first kappa shape index (κ1) is 39.1. The Morgan fingerprint density at radius 2 is 1.26 bits per heavy atom. The number of rotatable bonds is 13. The van der Waals surface area contributed by atoms with Crippen LogP contribution in [0, 0.1) is 5.92 Å². The van der Waals surface area contributed by atoms with Crippen LogP contribution in [0.1, 0.15) is 88.7 Å². The number of aromatic amines is 2. The molecule has 0 radical (unpaired) electrons. The maximum atomic E-state index is 14.2. The van der Waals surface area contributed by atoms with Gasteiger partial charge in [0.15, 0.2) is 5.96 Å². The Morgan fingerprint density at radius 1 is 0.741 bits per heavy atom. The first-order chi connectivity index (χ1) is 28.3. The summed E-state index contributed by atoms with van der Waals surface area (Å²) in [5.41, 5.74) is 7.22. The predicted octanol–water partition coefficient (Wildman–Crippen LogP) is 7.12. The van der Waals surface area contributed by atoms with E-state index < -0.39 is 0 Å². The zero-order valence-electron chi connectivity index (χ0n) is 34.1. The van der Waals surface area contributed by atoms with Crippen LogP contribution >= 0.6 is 0 Å². The van der Waals surface area contributed by atoms with E-state index in [2.05, 4.69) is 119 Å². The lowest BCUT2D eigenvalue weighted by Gasteiger charge is -2.34. The molecule has 4 atom stereocenters. The highest BCUT2D eigenvalue weighted by atomic mass is 16.2. The van der Waals surface area contributed by atoms with Crippen LogP contribution in [0.25, 0.3) is 33.6 Å². The summed E-state index contributed by atoms with van der Waals surface area (Å²) in [5, 5.41) is 6.59. The second-order valence-electron chi connectivity index (χ2n) is 16.0. The molecule has 4 N–H and O–H groups in total. The van der Waals surface area contributed by atoms with Gasteiger partial charge in [-0.1, -0.05) is 107 Å². The van der Waals surface area contributed by atoms with E-state index in [1.54, 1.807) is 0 Å². The van der Waals surface area contributed by atoms with Gasteiger partial charge in [-0.05, 0) is 72.5 Å². The van der Waals surface area contributed by atoms with Gasteiger partial charge in [0.25, 0.3) is 0 Å². The number of nitrogens with one attached hydrogen (secondary N) is 4. The molecule has 12 heteroatoms. The summed E-state index contributed by atoms with van der Waals surface area (Å²) in [4.78, 5) is 55.5. The fraction of sp³-hybridized carbons (Fsp3) is 0.413. The van der Waals surface area contributed by atoms with E-state index in [9.17, 15) is 9.59 Å². The highest BCUT2D eigenvalue weighted by Gasteiger charge is 2.39. The molecule has 3 aromatic carbocycles. The number of likely N-dealkylation sites (N-methyl/N-ethyl adjacent to an activating group) is 1. The Hall–Kier alpha value is -5.75. The zero-order chi connectivity index (χ0) is 40.2. The molecule has 5 heterocycles. The highest BCUT2D eigenvalue weighted by molar-refractivity contribution is 5.90. The standard InChI is InChI=1S/C46H56N10O2/c1-5-54(6-2)41(35-12-8-7-9-13-35)45(58)56-27-11-15-39(56)43-50-29-37(52-43)34-22-18-32(19-23-34)31-16-20-33(21-17-31)36-28-49-42(51-36)38-14-10-26-55(38)44(57)40(30(3)4)53-46-47-24-25-48-46/h7-9,12-13,16-23,28-30,38-41H,5-6,10-11,14-15,24-27H2,1-4H3,(H,49,51)(H,50,52)(H2,47,48,53)/t38-,39-,40+,41+/m0/s1. The number of carbonyl (C=O) groups excluding carboxylic acids is 2. The third-order valence-corrected chi connectivity index (χ3v) is 12.0. The number of aliphatic imine (C=N–C) groups is 1. The van der Waals surface area contributed by atoms with Crippen molar-refractivity contribution in [3.8, 4) is 33.6 Å². The van der Waals surface area contributed by atoms with Crippen molar-refractivity contribution in [1.82, 2.24) is 45.3 Å². The minimum atomic E-state index is -0.353. The number of carbonyl (C=O) groups is 2. The largest absolute Gasteiger partial charge is 0.355 e. The Balaban J connectivity index is 0.922. The van der Waals surface area contributed by atoms with Crippen molar-refractivity contribution in [2.24, 2.45) is 10.9 Å². The molecular weight excluding hydrogens is 725 g/mol. The number of likely N-dealkylation sites (tertiary alicyclic amines) is 2. The Labute approximate surface area is 341 Å². The molecule has 8 rings (SSSR count). The van der Waals surface area contributed by atoms with Crippen LogP contribution in [0.15, 0.2) is 96.2 Å². The second-order valence-corrected chi connectivity index (χ2v) is 16.0. The quantitative estimate of drug-likeness (QED) is 0.0999. The van der Waals surface area contributed by atoms with Gasteiger partial charge in [0, 0.05) is 19.6 Å². The van der Waals surface area contributed by atoms with Gasteiger partial charge in [0.2, 0.25) is 11.8 Å². The number of hydrogen-bond acceptors (Lipinski definition) is 8. The van der Waals surface area contributed by atoms with E-state index in [1.807, 2.05) is 40.4 Å². The molecule has 2 amide bonds. The summed E-state index contributed by atoms with van der Waals surface area (Å²) in [6, 6.07) is 26.3. The average Bonchev–Trinajstić information content (AvgIpc) is 4.12. The first-order valence-corrected chi connectivity index (χ1v) is 21.1. The molecule has 12 nitrogen and oxygen atoms in total. The molecule has 0 spiro atoms. The van der Waals surface area contributed by atoms with Crippen molar-refractivity contribution in [2.45, 2.75) is 77.5 Å². The van der Waals surface area contributed by atoms with Crippen LogP contribution in [0.2, 0.25) is 0 Å². The second kappa shape index (κ2) is 17.4. The van der Waals surface area contributed by atoms with E-state index in [0.29, 0.717) is 12.5 Å². The highest BCUT2D eigenvalue weighted by Crippen LogP contribution is 2.37. The van der Waals surface area contributed by atoms with E-state index >= 15 is 0 Å². The van der Waals surface area contributed by atoms with Crippen LogP contribution in [0.4, 0.5) is 0 Å². The normalized spacial score (nSPS) is 19.1. The summed E-state index contributed by atoms with van der Waals surface area (Å²) < 4.78 is 0. The summed E-state index contributed by atoms with van der Waals surface area (Å²) in [6.45, 7) is 12.9. The maximum Gasteiger partial charge on any atom is 0.246 e. The maximum absolute atomic E-state index is 14.2. The van der Waals surface area contributed by atoms with E-state index in [0.717, 1.165) is 109 Å². The lowest BCUT2D eigenvalue weighted by atomic mass is 10.0. The lowest BCUT2D eigenvalue weighted by Crippen LogP contribution is -2.53. The Bertz CT molecular complexity index is 2190. The number of imidazole rings is 2. The monoisotopic (exact) mass is 780 g/mol. The fourth-order valence-electron chi connectivity index (χ4n) is 8.84. The summed E-state index contributed by atoms with van der Waals surface area (Å²) in [7, 11) is 0. The smallest absolute Gasteiger partial charge is 0.246 e. The van der Waals surface area contributed by atoms with Crippen LogP contribution in [-0.4, -0.2) is 97.7 Å². The zero-order valence-corrected chi connectivity index (χ0v) is 34.1. The molecule has 3 aliphatic rings. The van der Waals surface area contributed by atoms with E-state index in [1.165, 1.54) is 0 Å². The van der Waals surface area contributed by atoms with Crippen molar-refractivity contribution in [3.63, 3.8) is 0 Å². The predicted molar refractivity (Wildman–Crippen MR) is 229 cm³/mol. The summed E-state index contributed by atoms with van der Waals surface area (Å²) in [6.07, 6.45) is 7.42. The van der Waals surface area contributed by atoms with Gasteiger partial charge < -0.3 is 30.4 Å². The van der Waals surface area contributed by atoms with Crippen LogP contribution < -0.4 is 10.6 Å². The van der Waals surface area contributed by atoms with Crippen LogP contribution in [-0.2, 0) is 9.59 Å². The summed E-state index contributed by atoms with van der Waals surface area (Å²) in [5.74, 6) is 2.71. The average molecular weight is 781 g/mol. The lowest BCUT2D eigenvalue weighted by molar-refractivity contribution is -0.138. The van der Waals surface area contributed by atoms with Gasteiger partial charge in [-0.3, -0.25) is 19.5 Å². The number of benzene rings is 3. The topological polar surface area (TPSA) is 138 Å². The van der Waals surface area contributed by atoms with Crippen molar-refractivity contribution in [2.75, 3.05) is 39.3 Å². The van der Waals surface area contributed by atoms with Gasteiger partial charge in [0.05, 0.1) is 42.4 Å². The molecule has 302 valence electrons. The number of nitrogens with zero attached hydrogens (tertiary/aromatic N) is 6. The SMILES string of the molecule is CCN(CC)[C@@H](C(=O)N1CCC[C@H]1c1ncc(-c2ccc(-c3ccc(-c4cnc([C@@H]5CCCN5C(=O)[C@H](NC5=NCCN5)C(C)C)[nH]4)cc3)cc2)[nH]1)c1ccccc1. The van der Waals surface area contributed by atoms with Gasteiger partial charge >= 0.3 is 0 Å². The Kier molecular flexibility index (Phi) is 11.7. The number of hydrogen-bond donors (Lipinski definition) is 4. The molecule has 58 heavy (non-hydrogen) atoms. The molecule has 3 aliphatic heterocycles. The number of H-pyrrole nitrogens is 2. The molecular formula is C46H56N10O2. The number of guanidine groups is 1. The minimum absolute atomic E-state index is 0.0826. The van der Waals surface area contributed by atoms with Gasteiger partial charge in [-0.25, -0.2) is 9.97 Å². The molecule has 0 saturated carbocycles. The van der Waals surface area contributed by atoms with Crippen molar-refractivity contribution < 1.29 is 9.59 Å². The Morgan fingerprint density at radius 3 is 1.74 bits per heavy atom. The molecule has 2 saturated heterocycles. The first-order valence-electron chi connectivity index (χ1n) is 21.1. The van der Waals surface area contributed by atoms with Crippen molar-refractivity contribution in [3.05, 3.63) is 108 Å². The van der Waals surface area contributed by atoms with Crippen LogP contribution in [0.5, 0.6) is 0 Å². The van der Waals surface area contributed by atoms with Gasteiger partial charge in [-0.15, -0.1) is 0 Å². The van der Waals surface area contributed by atoms with Crippen molar-refractivity contribution in [1.29, 1.82) is 0 Å². The number of amides is 2. The van der Waals surface area contributed by atoms with Crippen molar-refractivity contribution >= 4 is 17.8 Å². The molecule has 2 fully saturated rings. The van der Waals surface area contributed by atoms with Gasteiger partial charge in [0.1, 0.15) is 23.7 Å². The summed E-state index contributed by atoms with van der Waals surface area (Å²) >= 11 is 0. The minimum Gasteiger partial charge on any atom is -0.355 e. The number of aromatic nitrogens is 4. The molecule has 0 aliphatic carbocycles. The third kappa shape index (κ3) is 8.02.